The molecular formula is C15H20O4S. The Morgan fingerprint density at radius 2 is 1.80 bits per heavy atom. The van der Waals surface area contributed by atoms with Gasteiger partial charge in [-0.25, -0.2) is 8.42 Å². The molecule has 0 atom stereocenters. The van der Waals surface area contributed by atoms with E-state index in [1.54, 1.807) is 45.0 Å². The van der Waals surface area contributed by atoms with Gasteiger partial charge in [-0.2, -0.15) is 0 Å². The van der Waals surface area contributed by atoms with Gasteiger partial charge in [-0.3, -0.25) is 4.79 Å². The fraction of sp³-hybridized carbons (Fsp3) is 0.533. The van der Waals surface area contributed by atoms with E-state index >= 15 is 0 Å². The van der Waals surface area contributed by atoms with Crippen molar-refractivity contribution in [3.8, 4) is 0 Å². The second kappa shape index (κ2) is 4.88. The minimum absolute atomic E-state index is 0.196. The molecule has 0 aromatic heterocycles. The van der Waals surface area contributed by atoms with E-state index in [0.29, 0.717) is 18.4 Å². The summed E-state index contributed by atoms with van der Waals surface area (Å²) in [6.07, 6.45) is 0.703. The molecule has 1 aliphatic carbocycles. The Labute approximate surface area is 120 Å². The summed E-state index contributed by atoms with van der Waals surface area (Å²) in [7, 11) is -3.68. The van der Waals surface area contributed by atoms with Crippen molar-refractivity contribution in [3.05, 3.63) is 35.9 Å². The van der Waals surface area contributed by atoms with E-state index < -0.39 is 25.3 Å². The third kappa shape index (κ3) is 2.04. The van der Waals surface area contributed by atoms with Crippen LogP contribution in [-0.4, -0.2) is 25.7 Å². The SMILES string of the molecule is CCOC(=O)C1(S(=O)(=O)C(C)(C)c2ccccc2)CC1. The van der Waals surface area contributed by atoms with Crippen LogP contribution < -0.4 is 0 Å². The summed E-state index contributed by atoms with van der Waals surface area (Å²) < 4.78 is 28.4. The molecule has 1 aromatic rings. The van der Waals surface area contributed by atoms with Crippen LogP contribution in [0.25, 0.3) is 0 Å². The third-order valence-electron chi connectivity index (χ3n) is 4.01. The van der Waals surface area contributed by atoms with Crippen molar-refractivity contribution in [2.45, 2.75) is 43.1 Å². The van der Waals surface area contributed by atoms with Crippen LogP contribution in [0.3, 0.4) is 0 Å². The van der Waals surface area contributed by atoms with Crippen LogP contribution in [0.15, 0.2) is 30.3 Å². The topological polar surface area (TPSA) is 60.4 Å². The molecular weight excluding hydrogens is 276 g/mol. The van der Waals surface area contributed by atoms with Gasteiger partial charge in [0.25, 0.3) is 0 Å². The Morgan fingerprint density at radius 3 is 2.25 bits per heavy atom. The molecule has 0 unspecified atom stereocenters. The van der Waals surface area contributed by atoms with Gasteiger partial charge >= 0.3 is 5.97 Å². The van der Waals surface area contributed by atoms with Crippen molar-refractivity contribution in [2.75, 3.05) is 6.61 Å². The lowest BCUT2D eigenvalue weighted by molar-refractivity contribution is -0.143. The fourth-order valence-electron chi connectivity index (χ4n) is 2.44. The first-order chi connectivity index (χ1) is 9.29. The Hall–Kier alpha value is -1.36. The molecule has 0 saturated heterocycles. The summed E-state index contributed by atoms with van der Waals surface area (Å²) in [4.78, 5) is 12.1. The first-order valence-electron chi connectivity index (χ1n) is 6.76. The summed E-state index contributed by atoms with van der Waals surface area (Å²) in [5, 5.41) is 0. The molecule has 1 fully saturated rings. The molecule has 1 saturated carbocycles. The molecule has 2 rings (SSSR count). The van der Waals surface area contributed by atoms with Crippen molar-refractivity contribution in [3.63, 3.8) is 0 Å². The maximum absolute atomic E-state index is 13.0. The Morgan fingerprint density at radius 1 is 1.25 bits per heavy atom. The summed E-state index contributed by atoms with van der Waals surface area (Å²) in [6, 6.07) is 9.00. The number of sulfone groups is 1. The molecule has 1 aliphatic rings. The first kappa shape index (κ1) is 15.0. The zero-order valence-corrected chi connectivity index (χ0v) is 12.9. The predicted octanol–water partition coefficient (Wildman–Crippen LogP) is 2.43. The van der Waals surface area contributed by atoms with Crippen molar-refractivity contribution in [2.24, 2.45) is 0 Å². The van der Waals surface area contributed by atoms with Crippen LogP contribution in [-0.2, 0) is 24.1 Å². The summed E-state index contributed by atoms with van der Waals surface area (Å²) in [5.74, 6) is -0.607. The van der Waals surface area contributed by atoms with Crippen LogP contribution in [0.4, 0.5) is 0 Å². The minimum atomic E-state index is -3.68. The number of carbonyl (C=O) groups is 1. The molecule has 4 nitrogen and oxygen atoms in total. The van der Waals surface area contributed by atoms with Gasteiger partial charge in [0.05, 0.1) is 11.4 Å². The molecule has 0 bridgehead atoms. The standard InChI is InChI=1S/C15H20O4S/c1-4-19-13(16)15(10-11-15)20(17,18)14(2,3)12-8-6-5-7-9-12/h5-9H,4,10-11H2,1-3H3. The zero-order valence-electron chi connectivity index (χ0n) is 12.0. The fourth-order valence-corrected chi connectivity index (χ4v) is 4.78. The molecule has 0 spiro atoms. The van der Waals surface area contributed by atoms with Gasteiger partial charge in [0, 0.05) is 0 Å². The van der Waals surface area contributed by atoms with E-state index in [2.05, 4.69) is 0 Å². The molecule has 20 heavy (non-hydrogen) atoms. The lowest BCUT2D eigenvalue weighted by atomic mass is 10.0. The van der Waals surface area contributed by atoms with E-state index in [1.807, 2.05) is 6.07 Å². The van der Waals surface area contributed by atoms with Gasteiger partial charge in [0.2, 0.25) is 0 Å². The third-order valence-corrected chi connectivity index (χ3v) is 7.19. The molecule has 0 heterocycles. The average Bonchev–Trinajstić information content (AvgIpc) is 3.21. The number of ether oxygens (including phenoxy) is 1. The Kier molecular flexibility index (Phi) is 3.67. The first-order valence-corrected chi connectivity index (χ1v) is 8.25. The number of carbonyl (C=O) groups excluding carboxylic acids is 1. The highest BCUT2D eigenvalue weighted by molar-refractivity contribution is 7.94. The summed E-state index contributed by atoms with van der Waals surface area (Å²) >= 11 is 0. The molecule has 5 heteroatoms. The highest BCUT2D eigenvalue weighted by atomic mass is 32.2. The maximum atomic E-state index is 13.0. The molecule has 0 amide bonds. The molecule has 0 N–H and O–H groups in total. The summed E-state index contributed by atoms with van der Waals surface area (Å²) in [5.41, 5.74) is 0.690. The van der Waals surface area contributed by atoms with Crippen molar-refractivity contribution < 1.29 is 17.9 Å². The normalized spacial score (nSPS) is 17.6. The number of benzene rings is 1. The minimum Gasteiger partial charge on any atom is -0.465 e. The number of hydrogen-bond donors (Lipinski definition) is 0. The van der Waals surface area contributed by atoms with Crippen LogP contribution in [0.2, 0.25) is 0 Å². The number of rotatable bonds is 5. The van der Waals surface area contributed by atoms with Crippen LogP contribution in [0, 0.1) is 0 Å². The number of esters is 1. The van der Waals surface area contributed by atoms with Gasteiger partial charge < -0.3 is 4.74 Å². The van der Waals surface area contributed by atoms with Gasteiger partial charge in [-0.1, -0.05) is 30.3 Å². The zero-order chi connectivity index (χ0) is 15.0. The Balaban J connectivity index is 2.43. The molecule has 1 aromatic carbocycles. The van der Waals surface area contributed by atoms with Crippen LogP contribution in [0.1, 0.15) is 39.2 Å². The molecule has 0 radical (unpaired) electrons. The smallest absolute Gasteiger partial charge is 0.327 e. The van der Waals surface area contributed by atoms with E-state index in [1.165, 1.54) is 0 Å². The van der Waals surface area contributed by atoms with Gasteiger partial charge in [0.1, 0.15) is 0 Å². The van der Waals surface area contributed by atoms with Gasteiger partial charge in [0.15, 0.2) is 14.6 Å². The van der Waals surface area contributed by atoms with Gasteiger partial charge in [-0.15, -0.1) is 0 Å². The van der Waals surface area contributed by atoms with Crippen LogP contribution >= 0.6 is 0 Å². The predicted molar refractivity (Wildman–Crippen MR) is 77.0 cm³/mol. The lowest BCUT2D eigenvalue weighted by Gasteiger charge is -2.29. The lowest BCUT2D eigenvalue weighted by Crippen LogP contribution is -2.44. The maximum Gasteiger partial charge on any atom is 0.327 e. The van der Waals surface area contributed by atoms with Crippen LogP contribution in [0.5, 0.6) is 0 Å². The quantitative estimate of drug-likeness (QED) is 0.783. The van der Waals surface area contributed by atoms with Crippen molar-refractivity contribution in [1.82, 2.24) is 0 Å². The second-order valence-corrected chi connectivity index (χ2v) is 8.40. The molecule has 110 valence electrons. The highest BCUT2D eigenvalue weighted by Crippen LogP contribution is 2.51. The molecule has 0 aliphatic heterocycles. The van der Waals surface area contributed by atoms with Crippen molar-refractivity contribution >= 4 is 15.8 Å². The summed E-state index contributed by atoms with van der Waals surface area (Å²) in [6.45, 7) is 5.18. The number of hydrogen-bond acceptors (Lipinski definition) is 4. The van der Waals surface area contributed by atoms with E-state index in [0.717, 1.165) is 0 Å². The largest absolute Gasteiger partial charge is 0.465 e. The van der Waals surface area contributed by atoms with Gasteiger partial charge in [-0.05, 0) is 39.2 Å². The van der Waals surface area contributed by atoms with E-state index in [4.69, 9.17) is 4.74 Å². The van der Waals surface area contributed by atoms with E-state index in [9.17, 15) is 13.2 Å². The second-order valence-electron chi connectivity index (χ2n) is 5.59. The average molecular weight is 296 g/mol. The van der Waals surface area contributed by atoms with E-state index in [-0.39, 0.29) is 6.61 Å². The van der Waals surface area contributed by atoms with Crippen molar-refractivity contribution in [1.29, 1.82) is 0 Å². The highest BCUT2D eigenvalue weighted by Gasteiger charge is 2.66. The Bertz CT molecular complexity index is 598. The monoisotopic (exact) mass is 296 g/mol.